The zero-order valence-electron chi connectivity index (χ0n) is 55.2. The third-order valence-corrected chi connectivity index (χ3v) is 15.5. The van der Waals surface area contributed by atoms with Crippen molar-refractivity contribution >= 4 is 35.3 Å². The fourth-order valence-electron chi connectivity index (χ4n) is 9.62. The van der Waals surface area contributed by atoms with Gasteiger partial charge in [0.2, 0.25) is 0 Å². The first-order valence-electron chi connectivity index (χ1n) is 30.7. The number of hydrazine groups is 1. The van der Waals surface area contributed by atoms with Gasteiger partial charge in [-0.3, -0.25) is 24.3 Å². The molecule has 46 heteroatoms. The number of aliphatic hydroxyl groups is 3. The van der Waals surface area contributed by atoms with E-state index in [4.69, 9.17) is 24.5 Å². The molecule has 0 saturated heterocycles. The van der Waals surface area contributed by atoms with Gasteiger partial charge < -0.3 is 54.7 Å². The van der Waals surface area contributed by atoms with Gasteiger partial charge in [-0.05, 0) is 36.4 Å². The zero-order chi connectivity index (χ0) is 79.7. The maximum atomic E-state index is 14.3. The van der Waals surface area contributed by atoms with Gasteiger partial charge in [0.15, 0.2) is 52.4 Å². The molecule has 3 unspecified atom stereocenters. The average molecular weight is 1560 g/mol. The number of nitrogens with one attached hydrogen (secondary N) is 4. The highest BCUT2D eigenvalue weighted by Crippen LogP contribution is 2.36. The summed E-state index contributed by atoms with van der Waals surface area (Å²) < 4.78 is 227. The molecule has 0 aliphatic rings. The van der Waals surface area contributed by atoms with Crippen molar-refractivity contribution < 1.29 is 119 Å². The summed E-state index contributed by atoms with van der Waals surface area (Å²) in [4.78, 5) is 57.0. The van der Waals surface area contributed by atoms with Crippen molar-refractivity contribution in [3.05, 3.63) is 198 Å². The second-order valence-corrected chi connectivity index (χ2v) is 22.7. The number of alkyl halides is 9. The molecule has 1 amide bonds. The summed E-state index contributed by atoms with van der Waals surface area (Å²) in [6.07, 6.45) is -10.6. The number of carboxylic acid groups (broad SMARTS) is 1. The fourth-order valence-corrected chi connectivity index (χ4v) is 9.62. The first-order valence-corrected chi connectivity index (χ1v) is 30.7. The summed E-state index contributed by atoms with van der Waals surface area (Å²) in [5.74, 6) is -9.88. The molecule has 3 aromatic carbocycles. The van der Waals surface area contributed by atoms with E-state index in [1.807, 2.05) is 16.0 Å². The van der Waals surface area contributed by atoms with Gasteiger partial charge in [-0.25, -0.2) is 71.7 Å². The van der Waals surface area contributed by atoms with E-state index in [1.165, 1.54) is 117 Å². The third kappa shape index (κ3) is 17.4. The van der Waals surface area contributed by atoms with Crippen LogP contribution < -0.4 is 27.2 Å². The average Bonchev–Trinajstić information content (AvgIpc) is 1.45. The second kappa shape index (κ2) is 32.5. The Morgan fingerprint density at radius 1 is 0.445 bits per heavy atom. The molecule has 0 saturated carbocycles. The highest BCUT2D eigenvalue weighted by Gasteiger charge is 2.62. The molecule has 9 heterocycles. The van der Waals surface area contributed by atoms with Crippen molar-refractivity contribution in [2.45, 2.75) is 55.0 Å². The molecule has 576 valence electrons. The Morgan fingerprint density at radius 3 is 1.01 bits per heavy atom. The minimum Gasteiger partial charge on any atom is -0.479 e. The van der Waals surface area contributed by atoms with Crippen LogP contribution in [-0.4, -0.2) is 175 Å². The molecule has 0 radical (unpaired) electrons. The number of ether oxygens (including phenoxy) is 1. The number of halogens is 15. The third-order valence-electron chi connectivity index (χ3n) is 15.5. The number of carboxylic acids is 1. The van der Waals surface area contributed by atoms with Crippen LogP contribution in [0, 0.1) is 34.9 Å². The summed E-state index contributed by atoms with van der Waals surface area (Å²) in [6.45, 7) is -4.79. The Balaban J connectivity index is 0.000000176. The van der Waals surface area contributed by atoms with Gasteiger partial charge >= 0.3 is 30.5 Å². The first-order chi connectivity index (χ1) is 52.1. The van der Waals surface area contributed by atoms with Crippen molar-refractivity contribution in [1.29, 1.82) is 0 Å². The van der Waals surface area contributed by atoms with Crippen LogP contribution in [0.15, 0.2) is 160 Å². The van der Waals surface area contributed by atoms with E-state index >= 15 is 0 Å². The van der Waals surface area contributed by atoms with Crippen LogP contribution in [-0.2, 0) is 38.8 Å². The van der Waals surface area contributed by atoms with E-state index in [1.54, 1.807) is 30.3 Å². The molecule has 9 aromatic heterocycles. The predicted octanol–water partition coefficient (Wildman–Crippen LogP) is 8.33. The molecule has 0 aliphatic carbocycles. The lowest BCUT2D eigenvalue weighted by Crippen LogP contribution is -2.62. The molecule has 0 bridgehead atoms. The smallest absolute Gasteiger partial charge is 0.429 e. The van der Waals surface area contributed by atoms with Crippen LogP contribution in [0.25, 0.3) is 68.7 Å². The van der Waals surface area contributed by atoms with Crippen LogP contribution in [0.3, 0.4) is 0 Å². The molecule has 10 N–H and O–H groups in total. The van der Waals surface area contributed by atoms with Crippen molar-refractivity contribution in [1.82, 2.24) is 80.1 Å². The summed E-state index contributed by atoms with van der Waals surface area (Å²) in [7, 11) is 0.659. The Bertz CT molecular complexity index is 5010. The van der Waals surface area contributed by atoms with Crippen LogP contribution in [0.2, 0.25) is 0 Å². The van der Waals surface area contributed by atoms with Gasteiger partial charge in [-0.2, -0.15) is 54.8 Å². The van der Waals surface area contributed by atoms with E-state index in [0.717, 1.165) is 0 Å². The van der Waals surface area contributed by atoms with Crippen molar-refractivity contribution in [3.8, 4) is 68.7 Å². The Morgan fingerprint density at radius 2 is 0.745 bits per heavy atom. The highest BCUT2D eigenvalue weighted by molar-refractivity contribution is 5.86. The summed E-state index contributed by atoms with van der Waals surface area (Å²) >= 11 is 0. The molecule has 110 heavy (non-hydrogen) atoms. The number of nitrogens with two attached hydrogens (primary N) is 1. The first kappa shape index (κ1) is 79.3. The summed E-state index contributed by atoms with van der Waals surface area (Å²) in [5, 5.41) is 68.3. The molecule has 31 nitrogen and oxygen atoms in total. The highest BCUT2D eigenvalue weighted by atomic mass is 19.4. The molecular formula is C64H49F15N20O11. The molecule has 3 atom stereocenters. The number of nitrogens with zero attached hydrogens (tertiary/aromatic N) is 15. The van der Waals surface area contributed by atoms with Gasteiger partial charge in [-0.1, -0.05) is 70.1 Å². The van der Waals surface area contributed by atoms with E-state index in [-0.39, 0.29) is 65.3 Å². The number of benzene rings is 3. The SMILES string of the molecule is COC(=O)C(O)(CNc1nc(-c2cc(-c3ccon3)n(Cc3ccccc3F)n2)ncc1F)C(F)(F)F.NNC(=O)C(O)(CNc1nc(-c2cc(-c3ccon3)n(Cc3ccccc3F)n2)ncc1F)C(F)(F)F.O=C(O)C(O)(CNc1nc(-c2cc(-c3ccon3)n(Cc3ccccc3F)n2)ncc1F)C(F)(F)F. The Labute approximate surface area is 603 Å². The number of hydrogen-bond donors (Lipinski definition) is 9. The van der Waals surface area contributed by atoms with E-state index in [9.17, 15) is 95.6 Å². The van der Waals surface area contributed by atoms with Crippen LogP contribution in [0.4, 0.5) is 83.3 Å². The van der Waals surface area contributed by atoms with E-state index in [2.05, 4.69) is 65.4 Å². The van der Waals surface area contributed by atoms with Crippen LogP contribution in [0.5, 0.6) is 0 Å². The number of methoxy groups -OCH3 is 1. The van der Waals surface area contributed by atoms with Gasteiger partial charge in [0.25, 0.3) is 22.7 Å². The minimum absolute atomic E-state index is 0.0108. The monoisotopic (exact) mass is 1560 g/mol. The maximum Gasteiger partial charge on any atom is 0.429 e. The van der Waals surface area contributed by atoms with Crippen molar-refractivity contribution in [3.63, 3.8) is 0 Å². The predicted molar refractivity (Wildman–Crippen MR) is 343 cm³/mol. The normalized spacial score (nSPS) is 13.3. The van der Waals surface area contributed by atoms with Crippen molar-refractivity contribution in [2.75, 3.05) is 42.7 Å². The molecule has 12 rings (SSSR count). The van der Waals surface area contributed by atoms with E-state index < -0.39 is 125 Å². The topological polar surface area (TPSA) is 424 Å². The number of anilines is 3. The molecule has 0 aliphatic heterocycles. The minimum atomic E-state index is -5.56. The van der Waals surface area contributed by atoms with Gasteiger partial charge in [0, 0.05) is 34.9 Å². The van der Waals surface area contributed by atoms with Gasteiger partial charge in [0.1, 0.15) is 70.4 Å². The van der Waals surface area contributed by atoms with Crippen LogP contribution >= 0.6 is 0 Å². The number of aliphatic carboxylic acids is 1. The second-order valence-electron chi connectivity index (χ2n) is 22.7. The summed E-state index contributed by atoms with van der Waals surface area (Å²) in [5.41, 5.74) is -8.02. The maximum absolute atomic E-state index is 14.3. The number of rotatable bonds is 24. The lowest BCUT2D eigenvalue weighted by atomic mass is 10.0. The number of amides is 1. The number of carbonyl (C=O) groups is 3. The molecular weight excluding hydrogens is 1510 g/mol. The quantitative estimate of drug-likeness (QED) is 0.00902. The van der Waals surface area contributed by atoms with Crippen molar-refractivity contribution in [2.24, 2.45) is 5.84 Å². The fraction of sp³-hybridized carbons (Fsp3) is 0.203. The molecule has 12 aromatic rings. The lowest BCUT2D eigenvalue weighted by molar-refractivity contribution is -0.257. The number of esters is 1. The Hall–Kier alpha value is -13.2. The lowest BCUT2D eigenvalue weighted by Gasteiger charge is -2.28. The number of carbonyl (C=O) groups excluding carboxylic acids is 2. The largest absolute Gasteiger partial charge is 0.479 e. The standard InChI is InChI=1S/C22H17F5N6O4.C21H17F5N8O3.C21H15F5N6O4/c1-36-20(34)21(35,22(25,26)27)11-29-18-14(24)9-28-19(30-18)16-8-17(15-6-7-37-32-15)33(31-16)10-12-4-2-3-5-13(12)23;22-12-4-2-1-3-11(12)9-34-16(14-5-6-37-33-14)7-15(32-34)18-28-8-13(23)17(30-18)29-10-20(36,19(35)31-27)21(24,25)26;22-12-4-2-1-3-11(12)9-32-16(14-5-6-36-31-14)7-15(30-32)18-27-8-13(23)17(29-18)28-10-20(35,19(33)34)21(24,25)26/h2-9,35H,10-11H2,1H3,(H,28,29,30);1-8,36H,9-10,27H2,(H,31,35)(H,28,29,30);1-8,35H,9-10H2,(H,33,34)(H,27,28,29). The van der Waals surface area contributed by atoms with Gasteiger partial charge in [0.05, 0.1) is 82.1 Å². The Kier molecular flexibility index (Phi) is 23.4. The van der Waals surface area contributed by atoms with Gasteiger partial charge in [-0.15, -0.1) is 0 Å². The van der Waals surface area contributed by atoms with Crippen LogP contribution in [0.1, 0.15) is 16.7 Å². The molecule has 0 spiro atoms. The zero-order valence-corrected chi connectivity index (χ0v) is 55.2. The molecule has 0 fully saturated rings. The number of aromatic nitrogens is 15. The van der Waals surface area contributed by atoms with E-state index in [0.29, 0.717) is 65.4 Å². The number of hydrogen-bond acceptors (Lipinski definition) is 26. The summed E-state index contributed by atoms with van der Waals surface area (Å²) in [6, 6.07) is 26.7.